The van der Waals surface area contributed by atoms with Crippen LogP contribution in [0.2, 0.25) is 5.02 Å². The van der Waals surface area contributed by atoms with Gasteiger partial charge in [0.1, 0.15) is 6.04 Å². The van der Waals surface area contributed by atoms with Crippen LogP contribution in [0.4, 0.5) is 10.5 Å². The average molecular weight is 394 g/mol. The predicted octanol–water partition coefficient (Wildman–Crippen LogP) is 3.44. The maximum Gasteiger partial charge on any atom is 0.327 e. The van der Waals surface area contributed by atoms with Crippen LogP contribution in [0.1, 0.15) is 5.56 Å². The number of hydrogen-bond acceptors (Lipinski definition) is 3. The molecule has 0 bridgehead atoms. The number of urea groups is 1. The highest BCUT2D eigenvalue weighted by molar-refractivity contribution is 9.10. The Morgan fingerprint density at radius 3 is 2.90 bits per heavy atom. The number of carboxylic acids is 1. The minimum Gasteiger partial charge on any atom is -0.480 e. The van der Waals surface area contributed by atoms with Gasteiger partial charge in [-0.05, 0) is 40.5 Å². The molecule has 1 aromatic carbocycles. The van der Waals surface area contributed by atoms with Gasteiger partial charge in [-0.2, -0.15) is 11.8 Å². The number of hydrogen-bond donors (Lipinski definition) is 2. The number of nitrogens with zero attached hydrogens (tertiary/aromatic N) is 1. The molecule has 0 saturated carbocycles. The molecule has 0 aromatic heterocycles. The number of aryl methyl sites for hydroxylation is 1. The number of carbonyl (C=O) groups excluding carboxylic acids is 1. The van der Waals surface area contributed by atoms with E-state index in [9.17, 15) is 14.7 Å². The smallest absolute Gasteiger partial charge is 0.327 e. The van der Waals surface area contributed by atoms with Crippen LogP contribution < -0.4 is 5.32 Å². The average Bonchev–Trinajstić information content (AvgIpc) is 2.44. The fourth-order valence-corrected chi connectivity index (χ4v) is 3.74. The normalized spacial score (nSPS) is 18.4. The number of nitrogens with one attached hydrogen (secondary N) is 1. The van der Waals surface area contributed by atoms with Crippen molar-refractivity contribution in [2.75, 3.05) is 23.4 Å². The molecule has 5 nitrogen and oxygen atoms in total. The SMILES string of the molecule is Cc1cc(Br)c(NC(=O)N2CCSCC2C(=O)O)cc1Cl. The Labute approximate surface area is 140 Å². The van der Waals surface area contributed by atoms with Crippen LogP contribution in [0.5, 0.6) is 0 Å². The molecule has 21 heavy (non-hydrogen) atoms. The molecule has 0 spiro atoms. The number of amides is 2. The third-order valence-corrected chi connectivity index (χ3v) is 5.25. The summed E-state index contributed by atoms with van der Waals surface area (Å²) in [6.07, 6.45) is 0. The van der Waals surface area contributed by atoms with Crippen LogP contribution in [0.3, 0.4) is 0 Å². The van der Waals surface area contributed by atoms with Gasteiger partial charge in [-0.25, -0.2) is 9.59 Å². The van der Waals surface area contributed by atoms with Gasteiger partial charge in [0, 0.05) is 27.5 Å². The molecule has 2 N–H and O–H groups in total. The maximum absolute atomic E-state index is 12.3. The summed E-state index contributed by atoms with van der Waals surface area (Å²) in [5, 5.41) is 12.4. The molecular weight excluding hydrogens is 380 g/mol. The Kier molecular flexibility index (Phi) is 5.40. The quantitative estimate of drug-likeness (QED) is 0.807. The molecule has 2 rings (SSSR count). The van der Waals surface area contributed by atoms with E-state index in [0.29, 0.717) is 27.5 Å². The zero-order valence-electron chi connectivity index (χ0n) is 11.2. The lowest BCUT2D eigenvalue weighted by Crippen LogP contribution is -2.51. The number of anilines is 1. The summed E-state index contributed by atoms with van der Waals surface area (Å²) in [5.74, 6) is 0.143. The van der Waals surface area contributed by atoms with Gasteiger partial charge in [0.05, 0.1) is 5.69 Å². The van der Waals surface area contributed by atoms with Crippen molar-refractivity contribution in [2.45, 2.75) is 13.0 Å². The van der Waals surface area contributed by atoms with Gasteiger partial charge in [0.2, 0.25) is 0 Å². The van der Waals surface area contributed by atoms with Gasteiger partial charge in [-0.15, -0.1) is 0 Å². The summed E-state index contributed by atoms with van der Waals surface area (Å²) in [6, 6.07) is 2.22. The van der Waals surface area contributed by atoms with Crippen LogP contribution in [0.15, 0.2) is 16.6 Å². The van der Waals surface area contributed by atoms with E-state index in [4.69, 9.17) is 11.6 Å². The minimum atomic E-state index is -0.988. The Morgan fingerprint density at radius 1 is 1.52 bits per heavy atom. The van der Waals surface area contributed by atoms with Crippen molar-refractivity contribution in [1.82, 2.24) is 4.90 Å². The van der Waals surface area contributed by atoms with Crippen LogP contribution in [0, 0.1) is 6.92 Å². The molecule has 8 heteroatoms. The lowest BCUT2D eigenvalue weighted by atomic mass is 10.2. The standard InChI is InChI=1S/C13H14BrClN2O3S/c1-7-4-8(14)10(5-9(7)15)16-13(20)17-2-3-21-6-11(17)12(18)19/h4-5,11H,2-3,6H2,1H3,(H,16,20)(H,18,19). The van der Waals surface area contributed by atoms with Gasteiger partial charge in [-0.1, -0.05) is 11.6 Å². The van der Waals surface area contributed by atoms with Crippen LogP contribution in [-0.4, -0.2) is 46.1 Å². The van der Waals surface area contributed by atoms with Gasteiger partial charge in [-0.3, -0.25) is 0 Å². The Morgan fingerprint density at radius 2 is 2.24 bits per heavy atom. The van der Waals surface area contributed by atoms with E-state index in [1.165, 1.54) is 16.7 Å². The highest BCUT2D eigenvalue weighted by atomic mass is 79.9. The largest absolute Gasteiger partial charge is 0.480 e. The predicted molar refractivity (Wildman–Crippen MR) is 88.4 cm³/mol. The van der Waals surface area contributed by atoms with E-state index in [-0.39, 0.29) is 0 Å². The van der Waals surface area contributed by atoms with Crippen LogP contribution >= 0.6 is 39.3 Å². The van der Waals surface area contributed by atoms with E-state index < -0.39 is 18.0 Å². The second kappa shape index (κ2) is 6.89. The van der Waals surface area contributed by atoms with E-state index in [1.807, 2.05) is 6.92 Å². The van der Waals surface area contributed by atoms with Crippen molar-refractivity contribution in [3.8, 4) is 0 Å². The number of halogens is 2. The first-order chi connectivity index (χ1) is 9.90. The van der Waals surface area contributed by atoms with E-state index in [0.717, 1.165) is 11.3 Å². The van der Waals surface area contributed by atoms with Gasteiger partial charge < -0.3 is 15.3 Å². The third kappa shape index (κ3) is 3.84. The summed E-state index contributed by atoms with van der Waals surface area (Å²) in [5.41, 5.74) is 1.41. The van der Waals surface area contributed by atoms with Crippen molar-refractivity contribution < 1.29 is 14.7 Å². The zero-order chi connectivity index (χ0) is 15.6. The third-order valence-electron chi connectivity index (χ3n) is 3.16. The van der Waals surface area contributed by atoms with Gasteiger partial charge >= 0.3 is 12.0 Å². The molecule has 1 unspecified atom stereocenters. The number of carbonyl (C=O) groups is 2. The minimum absolute atomic E-state index is 0.401. The van der Waals surface area contributed by atoms with E-state index in [1.54, 1.807) is 12.1 Å². The lowest BCUT2D eigenvalue weighted by Gasteiger charge is -2.32. The van der Waals surface area contributed by atoms with Crippen LogP contribution in [-0.2, 0) is 4.79 Å². The van der Waals surface area contributed by atoms with Gasteiger partial charge in [0.25, 0.3) is 0 Å². The molecule has 1 aromatic rings. The molecule has 1 aliphatic rings. The fraction of sp³-hybridized carbons (Fsp3) is 0.385. The Balaban J connectivity index is 2.17. The second-order valence-corrected chi connectivity index (χ2v) is 7.05. The molecule has 114 valence electrons. The number of benzene rings is 1. The summed E-state index contributed by atoms with van der Waals surface area (Å²) in [4.78, 5) is 24.9. The molecule has 1 fully saturated rings. The highest BCUT2D eigenvalue weighted by Crippen LogP contribution is 2.29. The summed E-state index contributed by atoms with van der Waals surface area (Å²) in [7, 11) is 0. The molecule has 2 amide bonds. The second-order valence-electron chi connectivity index (χ2n) is 4.63. The van der Waals surface area contributed by atoms with Gasteiger partial charge in [0.15, 0.2) is 0 Å². The molecule has 0 aliphatic carbocycles. The maximum atomic E-state index is 12.3. The zero-order valence-corrected chi connectivity index (χ0v) is 14.4. The summed E-state index contributed by atoms with van der Waals surface area (Å²) < 4.78 is 0.705. The molecule has 1 atom stereocenters. The van der Waals surface area contributed by atoms with Crippen molar-refractivity contribution in [2.24, 2.45) is 0 Å². The molecule has 1 heterocycles. The fourth-order valence-electron chi connectivity index (χ4n) is 1.98. The Hall–Kier alpha value is -0.920. The first-order valence-electron chi connectivity index (χ1n) is 6.24. The first-order valence-corrected chi connectivity index (χ1v) is 8.56. The number of thioether (sulfide) groups is 1. The van der Waals surface area contributed by atoms with Crippen LogP contribution in [0.25, 0.3) is 0 Å². The molecule has 1 saturated heterocycles. The number of aliphatic carboxylic acids is 1. The van der Waals surface area contributed by atoms with Crippen molar-refractivity contribution in [3.63, 3.8) is 0 Å². The highest BCUT2D eigenvalue weighted by Gasteiger charge is 2.32. The molecule has 0 radical (unpaired) electrons. The summed E-state index contributed by atoms with van der Waals surface area (Å²) >= 11 is 10.9. The lowest BCUT2D eigenvalue weighted by molar-refractivity contribution is -0.141. The molecular formula is C13H14BrClN2O3S. The summed E-state index contributed by atoms with van der Waals surface area (Å²) in [6.45, 7) is 2.27. The van der Waals surface area contributed by atoms with E-state index in [2.05, 4.69) is 21.2 Å². The van der Waals surface area contributed by atoms with Crippen molar-refractivity contribution >= 4 is 57.0 Å². The number of rotatable bonds is 2. The number of carboxylic acid groups (broad SMARTS) is 1. The first kappa shape index (κ1) is 16.5. The van der Waals surface area contributed by atoms with E-state index >= 15 is 0 Å². The monoisotopic (exact) mass is 392 g/mol. The topological polar surface area (TPSA) is 69.6 Å². The van der Waals surface area contributed by atoms with Crippen molar-refractivity contribution in [3.05, 3.63) is 27.2 Å². The molecule has 1 aliphatic heterocycles. The Bertz CT molecular complexity index is 585. The van der Waals surface area contributed by atoms with Crippen molar-refractivity contribution in [1.29, 1.82) is 0 Å².